The minimum Gasteiger partial charge on any atom is -0.382 e. The number of ether oxygens (including phenoxy) is 1. The lowest BCUT2D eigenvalue weighted by Gasteiger charge is -2.22. The van der Waals surface area contributed by atoms with Gasteiger partial charge in [0.05, 0.1) is 18.2 Å². The molecule has 1 atom stereocenters. The summed E-state index contributed by atoms with van der Waals surface area (Å²) in [7, 11) is 1.56. The van der Waals surface area contributed by atoms with Crippen LogP contribution in [-0.2, 0) is 9.53 Å². The van der Waals surface area contributed by atoms with Crippen LogP contribution in [0.3, 0.4) is 0 Å². The minimum absolute atomic E-state index is 0.135. The van der Waals surface area contributed by atoms with Crippen LogP contribution in [0.5, 0.6) is 0 Å². The van der Waals surface area contributed by atoms with E-state index in [0.29, 0.717) is 48.0 Å². The standard InChI is InChI=1S/C27H26FN7O3/c1-38-15-5-8-22(36)34-13-4-6-20(34)26-33-23(24-25(29)31-12-14-35(24)26)17-9-10-18(19(28)16-17)27(37)32-21-7-2-3-11-30-21/h2-3,5,7-12,14,16,20H,4,6,13,15H2,1H3,(H2,29,31)(H,30,32,37)/t20-/m0/s1. The van der Waals surface area contributed by atoms with Crippen molar-refractivity contribution < 1.29 is 18.7 Å². The molecule has 0 unspecified atom stereocenters. The van der Waals surface area contributed by atoms with Crippen molar-refractivity contribution in [2.45, 2.75) is 18.9 Å². The van der Waals surface area contributed by atoms with Crippen LogP contribution in [0.15, 0.2) is 67.1 Å². The van der Waals surface area contributed by atoms with E-state index in [1.165, 1.54) is 24.4 Å². The molecule has 1 aliphatic rings. The maximum atomic E-state index is 15.2. The average Bonchev–Trinajstić information content (AvgIpc) is 3.55. The summed E-state index contributed by atoms with van der Waals surface area (Å²) in [5, 5.41) is 2.58. The van der Waals surface area contributed by atoms with Gasteiger partial charge in [0.25, 0.3) is 5.91 Å². The zero-order valence-electron chi connectivity index (χ0n) is 20.7. The number of nitrogen functional groups attached to an aromatic ring is 1. The highest BCUT2D eigenvalue weighted by molar-refractivity contribution is 6.04. The van der Waals surface area contributed by atoms with Gasteiger partial charge < -0.3 is 20.7 Å². The van der Waals surface area contributed by atoms with E-state index in [9.17, 15) is 9.59 Å². The topological polar surface area (TPSA) is 128 Å². The molecule has 1 aromatic carbocycles. The Balaban J connectivity index is 1.50. The third kappa shape index (κ3) is 4.83. The molecule has 194 valence electrons. The predicted molar refractivity (Wildman–Crippen MR) is 140 cm³/mol. The second kappa shape index (κ2) is 10.8. The Morgan fingerprint density at radius 3 is 2.87 bits per heavy atom. The SMILES string of the molecule is COCC=CC(=O)N1CCC[C@H]1c1nc(-c2ccc(C(=O)Nc3ccccn3)c(F)c2)c2c(N)nccn12. The van der Waals surface area contributed by atoms with Gasteiger partial charge in [0.2, 0.25) is 5.91 Å². The van der Waals surface area contributed by atoms with Gasteiger partial charge in [0.15, 0.2) is 0 Å². The van der Waals surface area contributed by atoms with Crippen molar-refractivity contribution in [3.05, 3.63) is 84.3 Å². The molecule has 4 aromatic rings. The van der Waals surface area contributed by atoms with Gasteiger partial charge in [0.1, 0.15) is 34.5 Å². The Morgan fingerprint density at radius 1 is 1.24 bits per heavy atom. The number of amides is 2. The van der Waals surface area contributed by atoms with Crippen LogP contribution >= 0.6 is 0 Å². The summed E-state index contributed by atoms with van der Waals surface area (Å²) >= 11 is 0. The summed E-state index contributed by atoms with van der Waals surface area (Å²) < 4.78 is 22.0. The van der Waals surface area contributed by atoms with E-state index < -0.39 is 11.7 Å². The van der Waals surface area contributed by atoms with Gasteiger partial charge in [-0.15, -0.1) is 0 Å². The second-order valence-corrected chi connectivity index (χ2v) is 8.76. The molecule has 1 saturated heterocycles. The minimum atomic E-state index is -0.720. The molecule has 2 amide bonds. The fourth-order valence-electron chi connectivity index (χ4n) is 4.63. The van der Waals surface area contributed by atoms with Crippen molar-refractivity contribution in [2.75, 3.05) is 31.3 Å². The molecule has 5 rings (SSSR count). The first kappa shape index (κ1) is 25.0. The number of nitrogens with zero attached hydrogens (tertiary/aromatic N) is 5. The van der Waals surface area contributed by atoms with E-state index in [0.717, 1.165) is 6.42 Å². The number of halogens is 1. The van der Waals surface area contributed by atoms with Gasteiger partial charge in [-0.1, -0.05) is 18.2 Å². The zero-order chi connectivity index (χ0) is 26.6. The maximum absolute atomic E-state index is 15.2. The molecule has 1 fully saturated rings. The van der Waals surface area contributed by atoms with Crippen molar-refractivity contribution in [3.63, 3.8) is 0 Å². The molecule has 1 aliphatic heterocycles. The number of nitrogens with two attached hydrogens (primary N) is 1. The van der Waals surface area contributed by atoms with E-state index in [-0.39, 0.29) is 23.3 Å². The molecule has 3 aromatic heterocycles. The van der Waals surface area contributed by atoms with Crippen molar-refractivity contribution in [3.8, 4) is 11.3 Å². The number of hydrogen-bond donors (Lipinski definition) is 2. The van der Waals surface area contributed by atoms with E-state index in [2.05, 4.69) is 15.3 Å². The van der Waals surface area contributed by atoms with Gasteiger partial charge in [0, 0.05) is 43.9 Å². The largest absolute Gasteiger partial charge is 0.382 e. The molecule has 4 heterocycles. The number of nitrogens with one attached hydrogen (secondary N) is 1. The Labute approximate surface area is 218 Å². The Kier molecular flexibility index (Phi) is 7.09. The van der Waals surface area contributed by atoms with Crippen LogP contribution in [0.4, 0.5) is 16.0 Å². The normalized spacial score (nSPS) is 15.4. The van der Waals surface area contributed by atoms with Crippen molar-refractivity contribution >= 4 is 29.0 Å². The van der Waals surface area contributed by atoms with Gasteiger partial charge >= 0.3 is 0 Å². The number of hydrogen-bond acceptors (Lipinski definition) is 7. The van der Waals surface area contributed by atoms with Crippen LogP contribution in [0.2, 0.25) is 0 Å². The molecule has 11 heteroatoms. The number of imidazole rings is 1. The van der Waals surface area contributed by atoms with Crippen LogP contribution in [-0.4, -0.2) is 56.3 Å². The maximum Gasteiger partial charge on any atom is 0.259 e. The zero-order valence-corrected chi connectivity index (χ0v) is 20.7. The molecule has 3 N–H and O–H groups in total. The number of carbonyl (C=O) groups excluding carboxylic acids is 2. The quantitative estimate of drug-likeness (QED) is 0.360. The average molecular weight is 516 g/mol. The summed E-state index contributed by atoms with van der Waals surface area (Å²) in [5.74, 6) is -0.341. The molecule has 0 aliphatic carbocycles. The van der Waals surface area contributed by atoms with Gasteiger partial charge in [-0.05, 0) is 37.1 Å². The first-order valence-electron chi connectivity index (χ1n) is 12.1. The van der Waals surface area contributed by atoms with E-state index in [1.54, 1.807) is 59.1 Å². The Morgan fingerprint density at radius 2 is 2.11 bits per heavy atom. The number of rotatable bonds is 7. The van der Waals surface area contributed by atoms with Gasteiger partial charge in [-0.3, -0.25) is 14.0 Å². The molecule has 10 nitrogen and oxygen atoms in total. The summed E-state index contributed by atoms with van der Waals surface area (Å²) in [6.07, 6.45) is 9.51. The fourth-order valence-corrected chi connectivity index (χ4v) is 4.63. The summed E-state index contributed by atoms with van der Waals surface area (Å²) in [6, 6.07) is 9.00. The molecule has 0 radical (unpaired) electrons. The number of pyridine rings is 1. The van der Waals surface area contributed by atoms with Crippen LogP contribution in [0.25, 0.3) is 16.8 Å². The van der Waals surface area contributed by atoms with Crippen molar-refractivity contribution in [1.82, 2.24) is 24.3 Å². The summed E-state index contributed by atoms with van der Waals surface area (Å²) in [4.78, 5) is 40.3. The summed E-state index contributed by atoms with van der Waals surface area (Å²) in [6.45, 7) is 0.921. The van der Waals surface area contributed by atoms with Crippen molar-refractivity contribution in [2.24, 2.45) is 0 Å². The first-order valence-corrected chi connectivity index (χ1v) is 12.1. The molecular weight excluding hydrogens is 489 g/mol. The Hall–Kier alpha value is -4.64. The highest BCUT2D eigenvalue weighted by Crippen LogP contribution is 2.36. The fraction of sp³-hybridized carbons (Fsp3) is 0.222. The second-order valence-electron chi connectivity index (χ2n) is 8.76. The number of methoxy groups -OCH3 is 1. The van der Waals surface area contributed by atoms with Crippen LogP contribution in [0, 0.1) is 5.82 Å². The lowest BCUT2D eigenvalue weighted by Crippen LogP contribution is -2.30. The Bertz CT molecular complexity index is 1520. The first-order chi connectivity index (χ1) is 18.5. The highest BCUT2D eigenvalue weighted by Gasteiger charge is 2.33. The third-order valence-corrected chi connectivity index (χ3v) is 6.36. The predicted octanol–water partition coefficient (Wildman–Crippen LogP) is 3.63. The monoisotopic (exact) mass is 515 g/mol. The van der Waals surface area contributed by atoms with Crippen LogP contribution in [0.1, 0.15) is 35.1 Å². The third-order valence-electron chi connectivity index (χ3n) is 6.36. The highest BCUT2D eigenvalue weighted by atomic mass is 19.1. The van der Waals surface area contributed by atoms with E-state index in [4.69, 9.17) is 15.5 Å². The lowest BCUT2D eigenvalue weighted by atomic mass is 10.1. The van der Waals surface area contributed by atoms with Crippen molar-refractivity contribution in [1.29, 1.82) is 0 Å². The number of likely N-dealkylation sites (tertiary alicyclic amines) is 1. The van der Waals surface area contributed by atoms with E-state index >= 15 is 4.39 Å². The van der Waals surface area contributed by atoms with E-state index in [1.807, 2.05) is 0 Å². The number of fused-ring (bicyclic) bond motifs is 1. The number of anilines is 2. The summed E-state index contributed by atoms with van der Waals surface area (Å²) in [5.41, 5.74) is 7.45. The smallest absolute Gasteiger partial charge is 0.259 e. The number of aromatic nitrogens is 4. The van der Waals surface area contributed by atoms with Gasteiger partial charge in [-0.2, -0.15) is 0 Å². The number of carbonyl (C=O) groups is 2. The molecule has 38 heavy (non-hydrogen) atoms. The lowest BCUT2D eigenvalue weighted by molar-refractivity contribution is -0.127. The van der Waals surface area contributed by atoms with Gasteiger partial charge in [-0.25, -0.2) is 19.3 Å². The molecule has 0 spiro atoms. The number of benzene rings is 1. The molecular formula is C27H26FN7O3. The van der Waals surface area contributed by atoms with Crippen LogP contribution < -0.4 is 11.1 Å². The molecule has 0 bridgehead atoms. The molecule has 0 saturated carbocycles.